The standard InChI is InChI=1S/C16H20BrN3S.HI/c1-18-16(20-12-15-8-4-10-21-15)19-9-3-6-13-5-2-7-14(17)11-13;/h2,4-5,7-8,10-11H,3,6,9,12H2,1H3,(H2,18,19,20);1H. The maximum absolute atomic E-state index is 4.24. The topological polar surface area (TPSA) is 36.4 Å². The molecule has 3 nitrogen and oxygen atoms in total. The summed E-state index contributed by atoms with van der Waals surface area (Å²) >= 11 is 5.25. The van der Waals surface area contributed by atoms with E-state index in [2.05, 4.69) is 73.3 Å². The van der Waals surface area contributed by atoms with E-state index in [0.717, 1.165) is 36.4 Å². The summed E-state index contributed by atoms with van der Waals surface area (Å²) in [6, 6.07) is 12.7. The van der Waals surface area contributed by atoms with E-state index in [0.29, 0.717) is 0 Å². The minimum Gasteiger partial charge on any atom is -0.356 e. The van der Waals surface area contributed by atoms with Gasteiger partial charge >= 0.3 is 0 Å². The normalized spacial score (nSPS) is 10.9. The van der Waals surface area contributed by atoms with E-state index in [1.54, 1.807) is 18.4 Å². The van der Waals surface area contributed by atoms with Crippen molar-refractivity contribution in [3.05, 3.63) is 56.7 Å². The number of thiophene rings is 1. The maximum atomic E-state index is 4.24. The molecule has 120 valence electrons. The monoisotopic (exact) mass is 493 g/mol. The molecule has 0 amide bonds. The Balaban J connectivity index is 0.00000242. The van der Waals surface area contributed by atoms with Crippen LogP contribution >= 0.6 is 51.2 Å². The molecule has 0 aliphatic carbocycles. The first-order chi connectivity index (χ1) is 10.3. The van der Waals surface area contributed by atoms with Crippen molar-refractivity contribution in [2.24, 2.45) is 4.99 Å². The summed E-state index contributed by atoms with van der Waals surface area (Å²) in [7, 11) is 1.80. The molecule has 2 N–H and O–H groups in total. The second kappa shape index (κ2) is 11.0. The van der Waals surface area contributed by atoms with Crippen LogP contribution < -0.4 is 10.6 Å². The Kier molecular flexibility index (Phi) is 9.74. The quantitative estimate of drug-likeness (QED) is 0.270. The second-order valence-electron chi connectivity index (χ2n) is 4.67. The molecule has 0 aliphatic heterocycles. The third-order valence-electron chi connectivity index (χ3n) is 3.06. The van der Waals surface area contributed by atoms with Crippen LogP contribution in [0.4, 0.5) is 0 Å². The van der Waals surface area contributed by atoms with Gasteiger partial charge in [-0.05, 0) is 42.0 Å². The van der Waals surface area contributed by atoms with Gasteiger partial charge in [-0.15, -0.1) is 35.3 Å². The van der Waals surface area contributed by atoms with Crippen molar-refractivity contribution in [1.29, 1.82) is 0 Å². The molecule has 6 heteroatoms. The van der Waals surface area contributed by atoms with Crippen LogP contribution in [-0.2, 0) is 13.0 Å². The zero-order valence-corrected chi connectivity index (χ0v) is 17.2. The van der Waals surface area contributed by atoms with Crippen molar-refractivity contribution in [2.45, 2.75) is 19.4 Å². The van der Waals surface area contributed by atoms with E-state index in [4.69, 9.17) is 0 Å². The molecule has 2 aromatic rings. The molecule has 0 fully saturated rings. The minimum atomic E-state index is 0. The van der Waals surface area contributed by atoms with Crippen LogP contribution in [0.15, 0.2) is 51.2 Å². The van der Waals surface area contributed by atoms with Crippen LogP contribution in [0.2, 0.25) is 0 Å². The zero-order valence-electron chi connectivity index (χ0n) is 12.5. The Bertz CT molecular complexity index is 573. The summed E-state index contributed by atoms with van der Waals surface area (Å²) in [6.07, 6.45) is 2.14. The highest BCUT2D eigenvalue weighted by molar-refractivity contribution is 14.0. The fraction of sp³-hybridized carbons (Fsp3) is 0.312. The minimum absolute atomic E-state index is 0. The lowest BCUT2D eigenvalue weighted by atomic mass is 10.1. The number of benzene rings is 1. The molecule has 0 unspecified atom stereocenters. The van der Waals surface area contributed by atoms with E-state index >= 15 is 0 Å². The van der Waals surface area contributed by atoms with Crippen molar-refractivity contribution in [3.63, 3.8) is 0 Å². The van der Waals surface area contributed by atoms with E-state index in [1.807, 2.05) is 0 Å². The van der Waals surface area contributed by atoms with Crippen LogP contribution in [0, 0.1) is 0 Å². The van der Waals surface area contributed by atoms with Gasteiger partial charge in [-0.2, -0.15) is 0 Å². The summed E-state index contributed by atoms with van der Waals surface area (Å²) in [5.74, 6) is 0.859. The first-order valence-corrected chi connectivity index (χ1v) is 8.66. The van der Waals surface area contributed by atoms with Crippen LogP contribution in [0.1, 0.15) is 16.9 Å². The number of hydrogen-bond acceptors (Lipinski definition) is 2. The lowest BCUT2D eigenvalue weighted by Crippen LogP contribution is -2.37. The Morgan fingerprint density at radius 2 is 2.09 bits per heavy atom. The fourth-order valence-corrected chi connectivity index (χ4v) is 3.09. The van der Waals surface area contributed by atoms with E-state index in [9.17, 15) is 0 Å². The van der Waals surface area contributed by atoms with Crippen molar-refractivity contribution >= 4 is 57.2 Å². The van der Waals surface area contributed by atoms with Gasteiger partial charge in [-0.1, -0.05) is 34.1 Å². The van der Waals surface area contributed by atoms with Gasteiger partial charge in [0, 0.05) is 22.9 Å². The van der Waals surface area contributed by atoms with Gasteiger partial charge in [0.05, 0.1) is 6.54 Å². The number of guanidine groups is 1. The molecule has 22 heavy (non-hydrogen) atoms. The van der Waals surface area contributed by atoms with Crippen LogP contribution in [0.25, 0.3) is 0 Å². The van der Waals surface area contributed by atoms with Crippen molar-refractivity contribution in [3.8, 4) is 0 Å². The molecule has 0 radical (unpaired) electrons. The molecule has 0 aliphatic rings. The van der Waals surface area contributed by atoms with Crippen LogP contribution in [0.5, 0.6) is 0 Å². The average molecular weight is 494 g/mol. The van der Waals surface area contributed by atoms with Crippen molar-refractivity contribution in [2.75, 3.05) is 13.6 Å². The first kappa shape index (κ1) is 19.4. The summed E-state index contributed by atoms with van der Waals surface area (Å²) in [5.41, 5.74) is 1.35. The maximum Gasteiger partial charge on any atom is 0.191 e. The molecule has 1 aromatic heterocycles. The van der Waals surface area contributed by atoms with E-state index < -0.39 is 0 Å². The lowest BCUT2D eigenvalue weighted by Gasteiger charge is -2.11. The summed E-state index contributed by atoms with van der Waals surface area (Å²) in [5, 5.41) is 8.76. The molecule has 2 rings (SSSR count). The van der Waals surface area contributed by atoms with E-state index in [-0.39, 0.29) is 24.0 Å². The van der Waals surface area contributed by atoms with Gasteiger partial charge in [-0.3, -0.25) is 4.99 Å². The Morgan fingerprint density at radius 1 is 1.23 bits per heavy atom. The first-order valence-electron chi connectivity index (χ1n) is 6.99. The lowest BCUT2D eigenvalue weighted by molar-refractivity contribution is 0.743. The molecule has 0 saturated carbocycles. The Hall–Kier alpha value is -0.600. The predicted molar refractivity (Wildman–Crippen MR) is 110 cm³/mol. The highest BCUT2D eigenvalue weighted by Crippen LogP contribution is 2.12. The number of aryl methyl sites for hydroxylation is 1. The largest absolute Gasteiger partial charge is 0.356 e. The average Bonchev–Trinajstić information content (AvgIpc) is 3.00. The smallest absolute Gasteiger partial charge is 0.191 e. The molecule has 1 aromatic carbocycles. The van der Waals surface area contributed by atoms with Gasteiger partial charge in [0.15, 0.2) is 5.96 Å². The molecular formula is C16H21BrIN3S. The van der Waals surface area contributed by atoms with Crippen molar-refractivity contribution < 1.29 is 0 Å². The summed E-state index contributed by atoms with van der Waals surface area (Å²) in [4.78, 5) is 5.55. The Morgan fingerprint density at radius 3 is 2.77 bits per heavy atom. The zero-order chi connectivity index (χ0) is 14.9. The van der Waals surface area contributed by atoms with Gasteiger partial charge < -0.3 is 10.6 Å². The summed E-state index contributed by atoms with van der Waals surface area (Å²) in [6.45, 7) is 1.74. The SMILES string of the molecule is CN=C(NCCCc1cccc(Br)c1)NCc1cccs1.I. The molecule has 0 saturated heterocycles. The van der Waals surface area contributed by atoms with Crippen LogP contribution in [0.3, 0.4) is 0 Å². The predicted octanol–water partition coefficient (Wildman–Crippen LogP) is 4.43. The third kappa shape index (κ3) is 7.11. The van der Waals surface area contributed by atoms with E-state index in [1.165, 1.54) is 10.4 Å². The molecule has 0 spiro atoms. The number of hydrogen-bond donors (Lipinski definition) is 2. The molecular weight excluding hydrogens is 473 g/mol. The highest BCUT2D eigenvalue weighted by Gasteiger charge is 1.99. The fourth-order valence-electron chi connectivity index (χ4n) is 2.00. The van der Waals surface area contributed by atoms with Gasteiger partial charge in [0.2, 0.25) is 0 Å². The number of rotatable bonds is 6. The van der Waals surface area contributed by atoms with Crippen molar-refractivity contribution in [1.82, 2.24) is 10.6 Å². The third-order valence-corrected chi connectivity index (χ3v) is 4.43. The number of aliphatic imine (C=N–C) groups is 1. The molecule has 1 heterocycles. The number of halogens is 2. The number of nitrogens with one attached hydrogen (secondary N) is 2. The molecule has 0 atom stereocenters. The molecule has 0 bridgehead atoms. The van der Waals surface area contributed by atoms with Gasteiger partial charge in [0.25, 0.3) is 0 Å². The van der Waals surface area contributed by atoms with Crippen LogP contribution in [-0.4, -0.2) is 19.6 Å². The second-order valence-corrected chi connectivity index (χ2v) is 6.61. The number of nitrogens with zero attached hydrogens (tertiary/aromatic N) is 1. The highest BCUT2D eigenvalue weighted by atomic mass is 127. The Labute approximate surface area is 161 Å². The summed E-state index contributed by atoms with van der Waals surface area (Å²) < 4.78 is 1.14. The van der Waals surface area contributed by atoms with Gasteiger partial charge in [-0.25, -0.2) is 0 Å². The van der Waals surface area contributed by atoms with Gasteiger partial charge in [0.1, 0.15) is 0 Å².